The minimum absolute atomic E-state index is 0.00899. The van der Waals surface area contributed by atoms with E-state index in [2.05, 4.69) is 5.32 Å². The first-order valence-corrected chi connectivity index (χ1v) is 10.4. The lowest BCUT2D eigenvalue weighted by Gasteiger charge is -2.19. The van der Waals surface area contributed by atoms with Crippen molar-refractivity contribution in [3.05, 3.63) is 81.8 Å². The first-order chi connectivity index (χ1) is 15.3. The number of halogens is 2. The molecule has 0 saturated carbocycles. The standard InChI is InChI=1S/C24H21Cl2NO5/c1-31-19-12-14(13-20(32-2)21(19)15-7-4-3-5-8-15)11-18(24(29)30)27-23(28)22-16(25)9-6-10-17(22)26/h3-10,12-13,18H,11H2,1-2H3,(H,27,28)(H,29,30)/t18-/m0/s1. The van der Waals surface area contributed by atoms with E-state index in [1.807, 2.05) is 30.3 Å². The SMILES string of the molecule is COc1cc(C[C@H](NC(=O)c2c(Cl)cccc2Cl)C(=O)O)cc(OC)c1-c1ccccc1. The maximum absolute atomic E-state index is 12.7. The molecule has 3 rings (SSSR count). The van der Waals surface area contributed by atoms with Crippen LogP contribution < -0.4 is 14.8 Å². The first-order valence-electron chi connectivity index (χ1n) is 9.63. The lowest BCUT2D eigenvalue weighted by atomic mass is 9.98. The summed E-state index contributed by atoms with van der Waals surface area (Å²) in [4.78, 5) is 24.6. The Morgan fingerprint density at radius 3 is 2.00 bits per heavy atom. The molecule has 0 aliphatic heterocycles. The highest BCUT2D eigenvalue weighted by Gasteiger charge is 2.25. The summed E-state index contributed by atoms with van der Waals surface area (Å²) < 4.78 is 11.1. The van der Waals surface area contributed by atoms with Crippen molar-refractivity contribution in [2.45, 2.75) is 12.5 Å². The van der Waals surface area contributed by atoms with Crippen LogP contribution in [-0.4, -0.2) is 37.2 Å². The first kappa shape index (κ1) is 23.4. The number of rotatable bonds is 8. The number of carboxylic acid groups (broad SMARTS) is 1. The van der Waals surface area contributed by atoms with Gasteiger partial charge in [-0.1, -0.05) is 59.6 Å². The number of carbonyl (C=O) groups excluding carboxylic acids is 1. The van der Waals surface area contributed by atoms with Gasteiger partial charge in [0.15, 0.2) is 0 Å². The van der Waals surface area contributed by atoms with Gasteiger partial charge in [0, 0.05) is 6.42 Å². The highest BCUT2D eigenvalue weighted by Crippen LogP contribution is 2.39. The molecule has 1 amide bonds. The molecule has 0 fully saturated rings. The molecule has 0 aliphatic carbocycles. The third kappa shape index (κ3) is 5.15. The number of nitrogens with one attached hydrogen (secondary N) is 1. The molecule has 3 aromatic rings. The van der Waals surface area contributed by atoms with E-state index in [4.69, 9.17) is 32.7 Å². The molecule has 6 nitrogen and oxygen atoms in total. The van der Waals surface area contributed by atoms with Gasteiger partial charge >= 0.3 is 5.97 Å². The molecule has 0 unspecified atom stereocenters. The Morgan fingerprint density at radius 1 is 0.938 bits per heavy atom. The largest absolute Gasteiger partial charge is 0.496 e. The molecule has 1 atom stereocenters. The van der Waals surface area contributed by atoms with Crippen molar-refractivity contribution < 1.29 is 24.2 Å². The number of ether oxygens (including phenoxy) is 2. The molecule has 3 aromatic carbocycles. The van der Waals surface area contributed by atoms with Gasteiger partial charge in [0.25, 0.3) is 5.91 Å². The average molecular weight is 474 g/mol. The number of amides is 1. The van der Waals surface area contributed by atoms with E-state index in [1.54, 1.807) is 18.2 Å². The van der Waals surface area contributed by atoms with Crippen molar-refractivity contribution >= 4 is 35.1 Å². The number of hydrogen-bond donors (Lipinski definition) is 2. The van der Waals surface area contributed by atoms with E-state index < -0.39 is 17.9 Å². The number of carbonyl (C=O) groups is 2. The number of aliphatic carboxylic acids is 1. The quantitative estimate of drug-likeness (QED) is 0.475. The van der Waals surface area contributed by atoms with E-state index in [1.165, 1.54) is 26.4 Å². The van der Waals surface area contributed by atoms with E-state index in [0.717, 1.165) is 11.1 Å². The van der Waals surface area contributed by atoms with Crippen molar-refractivity contribution in [1.29, 1.82) is 0 Å². The summed E-state index contributed by atoms with van der Waals surface area (Å²) in [6.45, 7) is 0. The van der Waals surface area contributed by atoms with Gasteiger partial charge in [-0.25, -0.2) is 4.79 Å². The molecule has 0 radical (unpaired) electrons. The normalized spacial score (nSPS) is 11.5. The third-order valence-corrected chi connectivity index (χ3v) is 5.49. The number of methoxy groups -OCH3 is 2. The van der Waals surface area contributed by atoms with Crippen molar-refractivity contribution in [2.24, 2.45) is 0 Å². The van der Waals surface area contributed by atoms with Crippen molar-refractivity contribution in [3.63, 3.8) is 0 Å². The summed E-state index contributed by atoms with van der Waals surface area (Å²) in [5.74, 6) is -0.829. The molecular weight excluding hydrogens is 453 g/mol. The Kier molecular flexibility index (Phi) is 7.62. The second-order valence-corrected chi connectivity index (χ2v) is 7.72. The third-order valence-electron chi connectivity index (χ3n) is 4.86. The summed E-state index contributed by atoms with van der Waals surface area (Å²) in [5.41, 5.74) is 2.27. The minimum Gasteiger partial charge on any atom is -0.496 e. The fourth-order valence-corrected chi connectivity index (χ4v) is 3.92. The van der Waals surface area contributed by atoms with Gasteiger partial charge in [-0.2, -0.15) is 0 Å². The molecule has 0 aliphatic rings. The van der Waals surface area contributed by atoms with Crippen molar-refractivity contribution in [3.8, 4) is 22.6 Å². The van der Waals surface area contributed by atoms with Gasteiger partial charge in [-0.05, 0) is 35.4 Å². The van der Waals surface area contributed by atoms with Gasteiger partial charge < -0.3 is 19.9 Å². The predicted octanol–water partition coefficient (Wildman–Crippen LogP) is 5.10. The number of benzene rings is 3. The van der Waals surface area contributed by atoms with Gasteiger partial charge in [0.05, 0.1) is 35.4 Å². The predicted molar refractivity (Wildman–Crippen MR) is 124 cm³/mol. The smallest absolute Gasteiger partial charge is 0.326 e. The molecule has 0 spiro atoms. The summed E-state index contributed by atoms with van der Waals surface area (Å²) in [5, 5.41) is 12.5. The van der Waals surface area contributed by atoms with Crippen LogP contribution in [0.1, 0.15) is 15.9 Å². The van der Waals surface area contributed by atoms with Gasteiger partial charge in [-0.15, -0.1) is 0 Å². The molecule has 8 heteroatoms. The molecule has 32 heavy (non-hydrogen) atoms. The topological polar surface area (TPSA) is 84.9 Å². The summed E-state index contributed by atoms with van der Waals surface area (Å²) in [6.07, 6.45) is -0.00899. The highest BCUT2D eigenvalue weighted by molar-refractivity contribution is 6.39. The summed E-state index contributed by atoms with van der Waals surface area (Å²) >= 11 is 12.2. The van der Waals surface area contributed by atoms with Crippen LogP contribution in [0.4, 0.5) is 0 Å². The van der Waals surface area contributed by atoms with Crippen LogP contribution in [0.2, 0.25) is 10.0 Å². The van der Waals surface area contributed by atoms with E-state index in [0.29, 0.717) is 17.1 Å². The Labute approximate surface area is 195 Å². The van der Waals surface area contributed by atoms with E-state index in [9.17, 15) is 14.7 Å². The van der Waals surface area contributed by atoms with Gasteiger partial charge in [-0.3, -0.25) is 4.79 Å². The Balaban J connectivity index is 1.93. The lowest BCUT2D eigenvalue weighted by Crippen LogP contribution is -2.42. The van der Waals surface area contributed by atoms with Crippen LogP contribution in [0.3, 0.4) is 0 Å². The van der Waals surface area contributed by atoms with Crippen LogP contribution in [0.5, 0.6) is 11.5 Å². The zero-order valence-electron chi connectivity index (χ0n) is 17.4. The fourth-order valence-electron chi connectivity index (χ4n) is 3.35. The number of carboxylic acids is 1. The van der Waals surface area contributed by atoms with Crippen LogP contribution >= 0.6 is 23.2 Å². The maximum Gasteiger partial charge on any atom is 0.326 e. The zero-order chi connectivity index (χ0) is 23.3. The fraction of sp³-hybridized carbons (Fsp3) is 0.167. The molecular formula is C24H21Cl2NO5. The molecule has 0 bridgehead atoms. The molecule has 0 aromatic heterocycles. The van der Waals surface area contributed by atoms with Crippen molar-refractivity contribution in [2.75, 3.05) is 14.2 Å². The number of hydrogen-bond acceptors (Lipinski definition) is 4. The maximum atomic E-state index is 12.7. The Hall–Kier alpha value is -3.22. The van der Waals surface area contributed by atoms with Crippen LogP contribution in [0.15, 0.2) is 60.7 Å². The Morgan fingerprint density at radius 2 is 1.50 bits per heavy atom. The minimum atomic E-state index is -1.23. The molecule has 2 N–H and O–H groups in total. The molecule has 0 saturated heterocycles. The highest BCUT2D eigenvalue weighted by atomic mass is 35.5. The van der Waals surface area contributed by atoms with Crippen LogP contribution in [-0.2, 0) is 11.2 Å². The van der Waals surface area contributed by atoms with E-state index in [-0.39, 0.29) is 22.0 Å². The Bertz CT molecular complexity index is 1090. The average Bonchev–Trinajstić information content (AvgIpc) is 2.78. The van der Waals surface area contributed by atoms with E-state index >= 15 is 0 Å². The second kappa shape index (κ2) is 10.4. The van der Waals surface area contributed by atoms with Gasteiger partial charge in [0.1, 0.15) is 17.5 Å². The van der Waals surface area contributed by atoms with Gasteiger partial charge in [0.2, 0.25) is 0 Å². The summed E-state index contributed by atoms with van der Waals surface area (Å²) in [6, 6.07) is 16.4. The monoisotopic (exact) mass is 473 g/mol. The molecule has 0 heterocycles. The summed E-state index contributed by atoms with van der Waals surface area (Å²) in [7, 11) is 3.06. The lowest BCUT2D eigenvalue weighted by molar-refractivity contribution is -0.139. The second-order valence-electron chi connectivity index (χ2n) is 6.91. The zero-order valence-corrected chi connectivity index (χ0v) is 18.9. The van der Waals surface area contributed by atoms with Crippen LogP contribution in [0, 0.1) is 0 Å². The van der Waals surface area contributed by atoms with Crippen LogP contribution in [0.25, 0.3) is 11.1 Å². The van der Waals surface area contributed by atoms with Crippen molar-refractivity contribution in [1.82, 2.24) is 5.32 Å². The molecule has 166 valence electrons.